The first kappa shape index (κ1) is 14.6. The molecule has 1 aliphatic heterocycles. The van der Waals surface area contributed by atoms with E-state index >= 15 is 0 Å². The number of aliphatic carboxylic acids is 1. The first-order valence-corrected chi connectivity index (χ1v) is 8.12. The fourth-order valence-corrected chi connectivity index (χ4v) is 4.21. The molecule has 1 aromatic rings. The van der Waals surface area contributed by atoms with Gasteiger partial charge in [-0.25, -0.2) is 0 Å². The van der Waals surface area contributed by atoms with Gasteiger partial charge < -0.3 is 5.11 Å². The van der Waals surface area contributed by atoms with E-state index < -0.39 is 5.97 Å². The summed E-state index contributed by atoms with van der Waals surface area (Å²) in [4.78, 5) is 13.9. The van der Waals surface area contributed by atoms with E-state index in [9.17, 15) is 9.90 Å². The van der Waals surface area contributed by atoms with Gasteiger partial charge in [0.15, 0.2) is 0 Å². The number of rotatable bonds is 4. The minimum atomic E-state index is -0.663. The third kappa shape index (κ3) is 2.71. The van der Waals surface area contributed by atoms with Gasteiger partial charge in [0.05, 0.1) is 11.4 Å². The Hall–Kier alpha value is -1.36. The van der Waals surface area contributed by atoms with Gasteiger partial charge in [0.2, 0.25) is 0 Å². The Morgan fingerprint density at radius 1 is 1.43 bits per heavy atom. The molecule has 0 spiro atoms. The number of likely N-dealkylation sites (tertiary alicyclic amines) is 1. The van der Waals surface area contributed by atoms with E-state index in [0.717, 1.165) is 30.8 Å². The van der Waals surface area contributed by atoms with Gasteiger partial charge in [0.1, 0.15) is 6.04 Å². The van der Waals surface area contributed by atoms with E-state index in [2.05, 4.69) is 23.0 Å². The van der Waals surface area contributed by atoms with Crippen molar-refractivity contribution >= 4 is 5.97 Å². The summed E-state index contributed by atoms with van der Waals surface area (Å²) in [6, 6.07) is 2.22. The molecule has 0 amide bonds. The molecule has 21 heavy (non-hydrogen) atoms. The van der Waals surface area contributed by atoms with E-state index in [4.69, 9.17) is 0 Å². The monoisotopic (exact) mass is 291 g/mol. The molecule has 3 atom stereocenters. The highest BCUT2D eigenvalue weighted by Gasteiger charge is 2.45. The summed E-state index contributed by atoms with van der Waals surface area (Å²) in [6.45, 7) is 5.63. The van der Waals surface area contributed by atoms with Crippen molar-refractivity contribution in [2.75, 3.05) is 0 Å². The number of carboxylic acids is 1. The first-order chi connectivity index (χ1) is 10.1. The zero-order valence-corrected chi connectivity index (χ0v) is 13.0. The molecule has 0 bridgehead atoms. The zero-order valence-electron chi connectivity index (χ0n) is 13.0. The van der Waals surface area contributed by atoms with Crippen molar-refractivity contribution in [2.45, 2.75) is 71.1 Å². The molecule has 3 rings (SSSR count). The Morgan fingerprint density at radius 2 is 2.19 bits per heavy atom. The number of aromatic nitrogens is 2. The normalized spacial score (nSPS) is 29.5. The molecule has 3 unspecified atom stereocenters. The molecule has 1 N–H and O–H groups in total. The molecule has 1 saturated carbocycles. The second-order valence-electron chi connectivity index (χ2n) is 6.47. The van der Waals surface area contributed by atoms with Crippen LogP contribution in [0.1, 0.15) is 50.4 Å². The average Bonchev–Trinajstić information content (AvgIpc) is 3.00. The van der Waals surface area contributed by atoms with Gasteiger partial charge in [-0.1, -0.05) is 12.8 Å². The number of carboxylic acid groups (broad SMARTS) is 1. The molecule has 116 valence electrons. The minimum Gasteiger partial charge on any atom is -0.480 e. The van der Waals surface area contributed by atoms with Crippen molar-refractivity contribution < 1.29 is 9.90 Å². The van der Waals surface area contributed by atoms with Crippen LogP contribution in [0.5, 0.6) is 0 Å². The third-order valence-corrected chi connectivity index (χ3v) is 5.14. The van der Waals surface area contributed by atoms with Crippen LogP contribution < -0.4 is 0 Å². The van der Waals surface area contributed by atoms with Crippen molar-refractivity contribution in [1.29, 1.82) is 0 Å². The quantitative estimate of drug-likeness (QED) is 0.925. The molecule has 1 saturated heterocycles. The molecule has 2 fully saturated rings. The Bertz CT molecular complexity index is 526. The smallest absolute Gasteiger partial charge is 0.320 e. The third-order valence-electron chi connectivity index (χ3n) is 5.14. The lowest BCUT2D eigenvalue weighted by Crippen LogP contribution is -2.42. The number of aryl methyl sites for hydroxylation is 2. The highest BCUT2D eigenvalue weighted by molar-refractivity contribution is 5.74. The predicted octanol–water partition coefficient (Wildman–Crippen LogP) is 2.43. The lowest BCUT2D eigenvalue weighted by molar-refractivity contribution is -0.143. The van der Waals surface area contributed by atoms with Gasteiger partial charge in [-0.05, 0) is 45.1 Å². The molecule has 0 aromatic carbocycles. The molecule has 5 heteroatoms. The molecular weight excluding hydrogens is 266 g/mol. The highest BCUT2D eigenvalue weighted by Crippen LogP contribution is 2.40. The van der Waals surface area contributed by atoms with Crippen molar-refractivity contribution in [3.05, 3.63) is 17.5 Å². The molecule has 0 radical (unpaired) electrons. The minimum absolute atomic E-state index is 0.321. The van der Waals surface area contributed by atoms with Crippen LogP contribution in [0.25, 0.3) is 0 Å². The van der Waals surface area contributed by atoms with Crippen LogP contribution in [0.3, 0.4) is 0 Å². The van der Waals surface area contributed by atoms with Crippen LogP contribution in [0.2, 0.25) is 0 Å². The van der Waals surface area contributed by atoms with Crippen LogP contribution in [0.15, 0.2) is 6.07 Å². The topological polar surface area (TPSA) is 58.4 Å². The van der Waals surface area contributed by atoms with Crippen molar-refractivity contribution in [1.82, 2.24) is 14.7 Å². The Labute approximate surface area is 125 Å². The summed E-state index contributed by atoms with van der Waals surface area (Å²) < 4.78 is 2.00. The van der Waals surface area contributed by atoms with Crippen LogP contribution in [0, 0.1) is 12.8 Å². The maximum atomic E-state index is 11.6. The Kier molecular flexibility index (Phi) is 4.02. The van der Waals surface area contributed by atoms with Crippen molar-refractivity contribution in [3.8, 4) is 0 Å². The van der Waals surface area contributed by atoms with E-state index in [1.807, 2.05) is 11.6 Å². The van der Waals surface area contributed by atoms with Gasteiger partial charge in [0.25, 0.3) is 0 Å². The standard InChI is InChI=1S/C16H25N3O2/c1-3-19-13(8-11(2)17-19)10-18-14-7-5-4-6-12(14)9-15(18)16(20)21/h8,12,14-15H,3-7,9-10H2,1-2H3,(H,20,21). The fourth-order valence-electron chi connectivity index (χ4n) is 4.21. The number of hydrogen-bond acceptors (Lipinski definition) is 3. The summed E-state index contributed by atoms with van der Waals surface area (Å²) >= 11 is 0. The maximum Gasteiger partial charge on any atom is 0.320 e. The molecule has 2 heterocycles. The van der Waals surface area contributed by atoms with E-state index in [1.54, 1.807) is 0 Å². The molecule has 1 aliphatic carbocycles. The molecule has 2 aliphatic rings. The average molecular weight is 291 g/mol. The van der Waals surface area contributed by atoms with Gasteiger partial charge in [-0.3, -0.25) is 14.4 Å². The van der Waals surface area contributed by atoms with Gasteiger partial charge >= 0.3 is 5.97 Å². The maximum absolute atomic E-state index is 11.6. The molecule has 5 nitrogen and oxygen atoms in total. The summed E-state index contributed by atoms with van der Waals surface area (Å²) in [5.41, 5.74) is 2.16. The number of nitrogens with zero attached hydrogens (tertiary/aromatic N) is 3. The molecular formula is C16H25N3O2. The lowest BCUT2D eigenvalue weighted by Gasteiger charge is -2.32. The van der Waals surface area contributed by atoms with Crippen molar-refractivity contribution in [3.63, 3.8) is 0 Å². The highest BCUT2D eigenvalue weighted by atomic mass is 16.4. The Morgan fingerprint density at radius 3 is 2.90 bits per heavy atom. The summed E-state index contributed by atoms with van der Waals surface area (Å²) in [5, 5.41) is 14.1. The zero-order chi connectivity index (χ0) is 15.0. The van der Waals surface area contributed by atoms with E-state index in [-0.39, 0.29) is 6.04 Å². The summed E-state index contributed by atoms with van der Waals surface area (Å²) in [7, 11) is 0. The second kappa shape index (κ2) is 5.79. The number of fused-ring (bicyclic) bond motifs is 1. The van der Waals surface area contributed by atoms with Crippen LogP contribution in [-0.2, 0) is 17.9 Å². The van der Waals surface area contributed by atoms with Crippen LogP contribution in [0.4, 0.5) is 0 Å². The first-order valence-electron chi connectivity index (χ1n) is 8.12. The fraction of sp³-hybridized carbons (Fsp3) is 0.750. The SMILES string of the molecule is CCn1nc(C)cc1CN1C(C(=O)O)CC2CCCCC21. The van der Waals surface area contributed by atoms with Crippen LogP contribution in [-0.4, -0.2) is 37.8 Å². The Balaban J connectivity index is 1.84. The summed E-state index contributed by atoms with van der Waals surface area (Å²) in [5.74, 6) is -0.0948. The van der Waals surface area contributed by atoms with Crippen LogP contribution >= 0.6 is 0 Å². The van der Waals surface area contributed by atoms with Gasteiger partial charge in [0, 0.05) is 19.1 Å². The number of carbonyl (C=O) groups is 1. The largest absolute Gasteiger partial charge is 0.480 e. The summed E-state index contributed by atoms with van der Waals surface area (Å²) in [6.07, 6.45) is 5.65. The second-order valence-corrected chi connectivity index (χ2v) is 6.47. The van der Waals surface area contributed by atoms with E-state index in [1.165, 1.54) is 19.3 Å². The van der Waals surface area contributed by atoms with Gasteiger partial charge in [-0.15, -0.1) is 0 Å². The molecule has 1 aromatic heterocycles. The van der Waals surface area contributed by atoms with Gasteiger partial charge in [-0.2, -0.15) is 5.10 Å². The predicted molar refractivity (Wildman–Crippen MR) is 80.0 cm³/mol. The van der Waals surface area contributed by atoms with Crippen molar-refractivity contribution in [2.24, 2.45) is 5.92 Å². The van der Waals surface area contributed by atoms with E-state index in [0.29, 0.717) is 18.5 Å². The lowest BCUT2D eigenvalue weighted by atomic mass is 9.85. The number of hydrogen-bond donors (Lipinski definition) is 1.